The van der Waals surface area contributed by atoms with Gasteiger partial charge in [-0.1, -0.05) is 29.8 Å². The van der Waals surface area contributed by atoms with Gasteiger partial charge in [-0.2, -0.15) is 0 Å². The minimum absolute atomic E-state index is 0.137. The molecule has 3 N–H and O–H groups in total. The van der Waals surface area contributed by atoms with Crippen molar-refractivity contribution < 1.29 is 14.7 Å². The second-order valence-corrected chi connectivity index (χ2v) is 5.43. The van der Waals surface area contributed by atoms with Crippen LogP contribution in [0.15, 0.2) is 24.3 Å². The predicted octanol–water partition coefficient (Wildman–Crippen LogP) is 1.39. The van der Waals surface area contributed by atoms with Gasteiger partial charge in [-0.3, -0.25) is 9.59 Å². The zero-order valence-corrected chi connectivity index (χ0v) is 12.1. The molecule has 0 unspecified atom stereocenters. The number of halogens is 1. The Kier molecular flexibility index (Phi) is 4.94. The van der Waals surface area contributed by atoms with E-state index in [4.69, 9.17) is 16.7 Å². The van der Waals surface area contributed by atoms with Gasteiger partial charge >= 0.3 is 0 Å². The number of hydrogen-bond donors (Lipinski definition) is 3. The van der Waals surface area contributed by atoms with Crippen LogP contribution in [0, 0.1) is 0 Å². The van der Waals surface area contributed by atoms with Gasteiger partial charge in [-0.15, -0.1) is 11.3 Å². The van der Waals surface area contributed by atoms with Crippen molar-refractivity contribution in [3.8, 4) is 0 Å². The highest BCUT2D eigenvalue weighted by molar-refractivity contribution is 7.21. The number of thiophene rings is 1. The highest BCUT2D eigenvalue weighted by Gasteiger charge is 2.17. The van der Waals surface area contributed by atoms with Gasteiger partial charge < -0.3 is 15.7 Å². The normalized spacial score (nSPS) is 10.5. The van der Waals surface area contributed by atoms with Gasteiger partial charge in [0.1, 0.15) is 4.88 Å². The molecule has 1 aromatic carbocycles. The van der Waals surface area contributed by atoms with Crippen LogP contribution in [0.25, 0.3) is 10.1 Å². The van der Waals surface area contributed by atoms with Crippen molar-refractivity contribution in [2.24, 2.45) is 0 Å². The number of nitrogens with one attached hydrogen (secondary N) is 2. The van der Waals surface area contributed by atoms with Gasteiger partial charge in [-0.25, -0.2) is 0 Å². The van der Waals surface area contributed by atoms with Crippen LogP contribution in [-0.2, 0) is 4.79 Å². The minimum atomic E-state index is -0.379. The van der Waals surface area contributed by atoms with Gasteiger partial charge in [0.15, 0.2) is 0 Å². The molecule has 0 saturated heterocycles. The predicted molar refractivity (Wildman–Crippen MR) is 79.3 cm³/mol. The Morgan fingerprint density at radius 3 is 2.70 bits per heavy atom. The van der Waals surface area contributed by atoms with E-state index in [9.17, 15) is 9.59 Å². The zero-order chi connectivity index (χ0) is 14.5. The maximum atomic E-state index is 12.0. The number of rotatable bonds is 5. The SMILES string of the molecule is O=C(CNC(=O)c1sc2ccccc2c1Cl)NCCO. The number of carbonyl (C=O) groups is 2. The molecule has 0 aliphatic carbocycles. The van der Waals surface area contributed by atoms with Gasteiger partial charge in [0.2, 0.25) is 5.91 Å². The molecular formula is C13H13ClN2O3S. The molecular weight excluding hydrogens is 300 g/mol. The average molecular weight is 313 g/mol. The lowest BCUT2D eigenvalue weighted by molar-refractivity contribution is -0.120. The maximum Gasteiger partial charge on any atom is 0.263 e. The first kappa shape index (κ1) is 14.8. The Balaban J connectivity index is 2.04. The first-order valence-electron chi connectivity index (χ1n) is 5.96. The summed E-state index contributed by atoms with van der Waals surface area (Å²) in [7, 11) is 0. The fourth-order valence-corrected chi connectivity index (χ4v) is 3.09. The number of carbonyl (C=O) groups excluding carboxylic acids is 2. The highest BCUT2D eigenvalue weighted by Crippen LogP contribution is 2.34. The van der Waals surface area contributed by atoms with Gasteiger partial charge in [-0.05, 0) is 6.07 Å². The molecule has 0 fully saturated rings. The van der Waals surface area contributed by atoms with Crippen LogP contribution in [0.5, 0.6) is 0 Å². The summed E-state index contributed by atoms with van der Waals surface area (Å²) in [6.07, 6.45) is 0. The van der Waals surface area contributed by atoms with Gasteiger partial charge in [0, 0.05) is 16.6 Å². The lowest BCUT2D eigenvalue weighted by atomic mass is 10.2. The molecule has 0 spiro atoms. The Labute approximate surface area is 124 Å². The van der Waals surface area contributed by atoms with E-state index in [1.807, 2.05) is 24.3 Å². The molecule has 0 aliphatic heterocycles. The van der Waals surface area contributed by atoms with Crippen molar-refractivity contribution >= 4 is 44.8 Å². The lowest BCUT2D eigenvalue weighted by Gasteiger charge is -2.04. The smallest absolute Gasteiger partial charge is 0.263 e. The van der Waals surface area contributed by atoms with Crippen LogP contribution in [0.3, 0.4) is 0 Å². The largest absolute Gasteiger partial charge is 0.395 e. The number of aliphatic hydroxyl groups is 1. The van der Waals surface area contributed by atoms with Crippen molar-refractivity contribution in [2.75, 3.05) is 19.7 Å². The molecule has 5 nitrogen and oxygen atoms in total. The molecule has 0 radical (unpaired) electrons. The fraction of sp³-hybridized carbons (Fsp3) is 0.231. The van der Waals surface area contributed by atoms with E-state index in [1.54, 1.807) is 0 Å². The number of fused-ring (bicyclic) bond motifs is 1. The molecule has 0 bridgehead atoms. The summed E-state index contributed by atoms with van der Waals surface area (Å²) >= 11 is 7.45. The fourth-order valence-electron chi connectivity index (χ4n) is 1.66. The summed E-state index contributed by atoms with van der Waals surface area (Å²) in [5.74, 6) is -0.736. The molecule has 0 saturated carbocycles. The number of benzene rings is 1. The van der Waals surface area contributed by atoms with Crippen molar-refractivity contribution in [1.82, 2.24) is 10.6 Å². The summed E-state index contributed by atoms with van der Waals surface area (Å²) in [6.45, 7) is -0.121. The van der Waals surface area contributed by atoms with Crippen molar-refractivity contribution in [2.45, 2.75) is 0 Å². The van der Waals surface area contributed by atoms with Crippen molar-refractivity contribution in [1.29, 1.82) is 0 Å². The Hall–Kier alpha value is -1.63. The second-order valence-electron chi connectivity index (χ2n) is 4.00. The van der Waals surface area contributed by atoms with Crippen LogP contribution in [0.1, 0.15) is 9.67 Å². The van der Waals surface area contributed by atoms with E-state index in [0.717, 1.165) is 10.1 Å². The molecule has 20 heavy (non-hydrogen) atoms. The number of aliphatic hydroxyl groups excluding tert-OH is 1. The van der Waals surface area contributed by atoms with E-state index >= 15 is 0 Å². The molecule has 7 heteroatoms. The second kappa shape index (κ2) is 6.69. The standard InChI is InChI=1S/C13H13ClN2O3S/c14-11-8-3-1-2-4-9(8)20-12(11)13(19)16-7-10(18)15-5-6-17/h1-4,17H,5-7H2,(H,15,18)(H,16,19). The molecule has 2 rings (SSSR count). The first-order valence-corrected chi connectivity index (χ1v) is 7.15. The number of amides is 2. The summed E-state index contributed by atoms with van der Waals surface area (Å²) in [5, 5.41) is 14.7. The Bertz CT molecular complexity index is 642. The maximum absolute atomic E-state index is 12.0. The third-order valence-corrected chi connectivity index (χ3v) is 4.26. The van der Waals surface area contributed by atoms with Crippen molar-refractivity contribution in [3.05, 3.63) is 34.2 Å². The van der Waals surface area contributed by atoms with E-state index in [0.29, 0.717) is 9.90 Å². The summed E-state index contributed by atoms with van der Waals surface area (Å²) in [4.78, 5) is 23.7. The minimum Gasteiger partial charge on any atom is -0.395 e. The van der Waals surface area contributed by atoms with Crippen LogP contribution in [0.4, 0.5) is 0 Å². The molecule has 2 amide bonds. The molecule has 0 atom stereocenters. The van der Waals surface area contributed by atoms with Crippen LogP contribution in [-0.4, -0.2) is 36.6 Å². The topological polar surface area (TPSA) is 78.4 Å². The van der Waals surface area contributed by atoms with E-state index in [2.05, 4.69) is 10.6 Å². The van der Waals surface area contributed by atoms with Crippen molar-refractivity contribution in [3.63, 3.8) is 0 Å². The summed E-state index contributed by atoms with van der Waals surface area (Å²) in [6, 6.07) is 7.46. The third kappa shape index (κ3) is 3.27. The molecule has 1 aromatic heterocycles. The van der Waals surface area contributed by atoms with Crippen LogP contribution in [0.2, 0.25) is 5.02 Å². The number of hydrogen-bond acceptors (Lipinski definition) is 4. The van der Waals surface area contributed by atoms with Crippen LogP contribution >= 0.6 is 22.9 Å². The zero-order valence-electron chi connectivity index (χ0n) is 10.5. The molecule has 1 heterocycles. The summed E-state index contributed by atoms with van der Waals surface area (Å²) in [5.41, 5.74) is 0. The first-order chi connectivity index (χ1) is 9.63. The Morgan fingerprint density at radius 2 is 2.00 bits per heavy atom. The third-order valence-electron chi connectivity index (χ3n) is 2.58. The van der Waals surface area contributed by atoms with Gasteiger partial charge in [0.05, 0.1) is 18.2 Å². The van der Waals surface area contributed by atoms with Gasteiger partial charge in [0.25, 0.3) is 5.91 Å². The van der Waals surface area contributed by atoms with E-state index < -0.39 is 0 Å². The van der Waals surface area contributed by atoms with E-state index in [1.165, 1.54) is 11.3 Å². The lowest BCUT2D eigenvalue weighted by Crippen LogP contribution is -2.37. The highest BCUT2D eigenvalue weighted by atomic mass is 35.5. The molecule has 106 valence electrons. The molecule has 2 aromatic rings. The Morgan fingerprint density at radius 1 is 1.25 bits per heavy atom. The van der Waals surface area contributed by atoms with E-state index in [-0.39, 0.29) is 31.5 Å². The summed E-state index contributed by atoms with van der Waals surface area (Å²) < 4.78 is 0.924. The monoisotopic (exact) mass is 312 g/mol. The molecule has 0 aliphatic rings. The average Bonchev–Trinajstić information content (AvgIpc) is 2.80. The van der Waals surface area contributed by atoms with Crippen LogP contribution < -0.4 is 10.6 Å². The quantitative estimate of drug-likeness (QED) is 0.781.